The van der Waals surface area contributed by atoms with Crippen LogP contribution < -0.4 is 11.1 Å². The number of halogens is 1. The van der Waals surface area contributed by atoms with Crippen molar-refractivity contribution in [3.8, 4) is 0 Å². The maximum absolute atomic E-state index is 12.2. The van der Waals surface area contributed by atoms with Gasteiger partial charge in [-0.25, -0.2) is 0 Å². The zero-order valence-electron chi connectivity index (χ0n) is 12.1. The Morgan fingerprint density at radius 2 is 2.05 bits per heavy atom. The van der Waals surface area contributed by atoms with E-state index in [0.29, 0.717) is 22.8 Å². The molecule has 0 bridgehead atoms. The van der Waals surface area contributed by atoms with E-state index in [1.165, 1.54) is 12.8 Å². The highest BCUT2D eigenvalue weighted by Gasteiger charge is 2.36. The Bertz CT molecular complexity index is 496. The number of anilines is 1. The molecule has 1 aliphatic carbocycles. The number of nitrogens with one attached hydrogen (secondary N) is 1. The van der Waals surface area contributed by atoms with Crippen molar-refractivity contribution in [3.63, 3.8) is 0 Å². The lowest BCUT2D eigenvalue weighted by Crippen LogP contribution is -2.50. The Morgan fingerprint density at radius 1 is 1.40 bits per heavy atom. The number of nitrogens with two attached hydrogens (primary N) is 1. The standard InChI is InChI=1S/C15H22ClN3O/c1-19(2)15(7-3-4-8-15)10-18-14(20)12-6-5-11(16)9-13(12)17/h5-6,9H,3-4,7-8,10,17H2,1-2H3,(H,18,20). The van der Waals surface area contributed by atoms with E-state index in [0.717, 1.165) is 12.8 Å². The SMILES string of the molecule is CN(C)C1(CNC(=O)c2ccc(Cl)cc2N)CCCC1. The van der Waals surface area contributed by atoms with E-state index in [1.807, 2.05) is 0 Å². The first-order valence-corrected chi connectivity index (χ1v) is 7.33. The van der Waals surface area contributed by atoms with Gasteiger partial charge in [0.25, 0.3) is 5.91 Å². The van der Waals surface area contributed by atoms with Crippen LogP contribution in [0.2, 0.25) is 5.02 Å². The van der Waals surface area contributed by atoms with E-state index < -0.39 is 0 Å². The molecule has 0 aliphatic heterocycles. The van der Waals surface area contributed by atoms with E-state index in [4.69, 9.17) is 17.3 Å². The van der Waals surface area contributed by atoms with Crippen molar-refractivity contribution in [3.05, 3.63) is 28.8 Å². The number of hydrogen-bond acceptors (Lipinski definition) is 3. The van der Waals surface area contributed by atoms with Crippen molar-refractivity contribution in [2.45, 2.75) is 31.2 Å². The number of carbonyl (C=O) groups excluding carboxylic acids is 1. The van der Waals surface area contributed by atoms with E-state index in [1.54, 1.807) is 18.2 Å². The van der Waals surface area contributed by atoms with Crippen molar-refractivity contribution in [2.75, 3.05) is 26.4 Å². The van der Waals surface area contributed by atoms with Gasteiger partial charge in [0.1, 0.15) is 0 Å². The molecule has 5 heteroatoms. The van der Waals surface area contributed by atoms with Crippen molar-refractivity contribution < 1.29 is 4.79 Å². The molecule has 3 N–H and O–H groups in total. The fourth-order valence-electron chi connectivity index (χ4n) is 2.90. The second-order valence-electron chi connectivity index (χ2n) is 5.74. The number of amides is 1. The molecule has 0 spiro atoms. The predicted octanol–water partition coefficient (Wildman–Crippen LogP) is 2.53. The Morgan fingerprint density at radius 3 is 2.60 bits per heavy atom. The normalized spacial score (nSPS) is 17.4. The molecule has 1 amide bonds. The molecule has 1 saturated carbocycles. The Labute approximate surface area is 125 Å². The van der Waals surface area contributed by atoms with Crippen molar-refractivity contribution in [2.24, 2.45) is 0 Å². The van der Waals surface area contributed by atoms with Gasteiger partial charge in [-0.05, 0) is 45.1 Å². The lowest BCUT2D eigenvalue weighted by molar-refractivity contribution is 0.0901. The van der Waals surface area contributed by atoms with E-state index in [9.17, 15) is 4.79 Å². The van der Waals surface area contributed by atoms with Gasteiger partial charge < -0.3 is 16.0 Å². The zero-order valence-corrected chi connectivity index (χ0v) is 12.8. The van der Waals surface area contributed by atoms with E-state index in [2.05, 4.69) is 24.3 Å². The summed E-state index contributed by atoms with van der Waals surface area (Å²) in [4.78, 5) is 14.5. The summed E-state index contributed by atoms with van der Waals surface area (Å²) >= 11 is 5.85. The molecule has 0 unspecified atom stereocenters. The highest BCUT2D eigenvalue weighted by Crippen LogP contribution is 2.33. The molecule has 0 atom stereocenters. The van der Waals surface area contributed by atoms with Crippen LogP contribution in [-0.2, 0) is 0 Å². The molecule has 1 aromatic rings. The molecule has 110 valence electrons. The molecule has 0 radical (unpaired) electrons. The number of nitrogens with zero attached hydrogens (tertiary/aromatic N) is 1. The molecule has 1 aromatic carbocycles. The van der Waals surface area contributed by atoms with Crippen molar-refractivity contribution in [1.29, 1.82) is 0 Å². The summed E-state index contributed by atoms with van der Waals surface area (Å²) < 4.78 is 0. The first-order valence-electron chi connectivity index (χ1n) is 6.95. The average Bonchev–Trinajstić information content (AvgIpc) is 2.86. The molecule has 0 aromatic heterocycles. The monoisotopic (exact) mass is 295 g/mol. The van der Waals surface area contributed by atoms with Crippen LogP contribution in [0.3, 0.4) is 0 Å². The van der Waals surface area contributed by atoms with Crippen LogP contribution in [-0.4, -0.2) is 37.0 Å². The molecule has 0 saturated heterocycles. The molecular weight excluding hydrogens is 274 g/mol. The third-order valence-electron chi connectivity index (χ3n) is 4.32. The number of carbonyl (C=O) groups is 1. The van der Waals surface area contributed by atoms with Gasteiger partial charge in [-0.2, -0.15) is 0 Å². The summed E-state index contributed by atoms with van der Waals surface area (Å²) in [6.45, 7) is 0.654. The van der Waals surface area contributed by atoms with Crippen LogP contribution in [0.25, 0.3) is 0 Å². The molecule has 20 heavy (non-hydrogen) atoms. The topological polar surface area (TPSA) is 58.4 Å². The first kappa shape index (κ1) is 15.1. The third-order valence-corrected chi connectivity index (χ3v) is 4.55. The Hall–Kier alpha value is -1.26. The second kappa shape index (κ2) is 6.02. The van der Waals surface area contributed by atoms with Crippen LogP contribution in [0, 0.1) is 0 Å². The molecule has 2 rings (SSSR count). The van der Waals surface area contributed by atoms with E-state index >= 15 is 0 Å². The lowest BCUT2D eigenvalue weighted by Gasteiger charge is -2.36. The van der Waals surface area contributed by atoms with E-state index in [-0.39, 0.29) is 11.4 Å². The van der Waals surface area contributed by atoms with Gasteiger partial charge in [-0.3, -0.25) is 4.79 Å². The molecule has 0 heterocycles. The number of likely N-dealkylation sites (N-methyl/N-ethyl adjacent to an activating group) is 1. The summed E-state index contributed by atoms with van der Waals surface area (Å²) in [5.74, 6) is -0.132. The quantitative estimate of drug-likeness (QED) is 0.839. The van der Waals surface area contributed by atoms with Crippen LogP contribution in [0.1, 0.15) is 36.0 Å². The smallest absolute Gasteiger partial charge is 0.253 e. The molecule has 1 fully saturated rings. The highest BCUT2D eigenvalue weighted by atomic mass is 35.5. The fraction of sp³-hybridized carbons (Fsp3) is 0.533. The number of nitrogen functional groups attached to an aromatic ring is 1. The fourth-order valence-corrected chi connectivity index (χ4v) is 3.08. The minimum Gasteiger partial charge on any atom is -0.398 e. The molecular formula is C15H22ClN3O. The predicted molar refractivity (Wildman–Crippen MR) is 83.1 cm³/mol. The highest BCUT2D eigenvalue weighted by molar-refractivity contribution is 6.31. The average molecular weight is 296 g/mol. The zero-order chi connectivity index (χ0) is 14.8. The minimum absolute atomic E-state index is 0.0802. The summed E-state index contributed by atoms with van der Waals surface area (Å²) in [6.07, 6.45) is 4.68. The van der Waals surface area contributed by atoms with Gasteiger partial charge in [0.15, 0.2) is 0 Å². The van der Waals surface area contributed by atoms with Gasteiger partial charge in [0.05, 0.1) is 5.56 Å². The number of benzene rings is 1. The van der Waals surface area contributed by atoms with Crippen LogP contribution in [0.15, 0.2) is 18.2 Å². The van der Waals surface area contributed by atoms with Gasteiger partial charge in [0, 0.05) is 22.8 Å². The van der Waals surface area contributed by atoms with Crippen LogP contribution >= 0.6 is 11.6 Å². The van der Waals surface area contributed by atoms with Crippen LogP contribution in [0.5, 0.6) is 0 Å². The first-order chi connectivity index (χ1) is 9.44. The van der Waals surface area contributed by atoms with Crippen molar-refractivity contribution in [1.82, 2.24) is 10.2 Å². The Balaban J connectivity index is 2.04. The Kier molecular flexibility index (Phi) is 4.55. The maximum atomic E-state index is 12.2. The number of hydrogen-bond donors (Lipinski definition) is 2. The molecule has 1 aliphatic rings. The molecule has 4 nitrogen and oxygen atoms in total. The third kappa shape index (κ3) is 3.07. The summed E-state index contributed by atoms with van der Waals surface area (Å²) in [5, 5.41) is 3.56. The minimum atomic E-state index is -0.132. The van der Waals surface area contributed by atoms with Gasteiger partial charge in [-0.15, -0.1) is 0 Å². The second-order valence-corrected chi connectivity index (χ2v) is 6.18. The van der Waals surface area contributed by atoms with Crippen molar-refractivity contribution >= 4 is 23.2 Å². The maximum Gasteiger partial charge on any atom is 0.253 e. The van der Waals surface area contributed by atoms with Gasteiger partial charge >= 0.3 is 0 Å². The summed E-state index contributed by atoms with van der Waals surface area (Å²) in [7, 11) is 4.16. The van der Waals surface area contributed by atoms with Gasteiger partial charge in [0.2, 0.25) is 0 Å². The largest absolute Gasteiger partial charge is 0.398 e. The lowest BCUT2D eigenvalue weighted by atomic mass is 9.96. The van der Waals surface area contributed by atoms with Gasteiger partial charge in [-0.1, -0.05) is 24.4 Å². The summed E-state index contributed by atoms with van der Waals surface area (Å²) in [5.41, 5.74) is 6.83. The number of rotatable bonds is 4. The van der Waals surface area contributed by atoms with Crippen LogP contribution in [0.4, 0.5) is 5.69 Å². The summed E-state index contributed by atoms with van der Waals surface area (Å²) in [6, 6.07) is 4.96.